The number of carbonyl (C=O) groups is 1. The second kappa shape index (κ2) is 9.24. The summed E-state index contributed by atoms with van der Waals surface area (Å²) in [4.78, 5) is 13.7. The standard InChI is InChI=1S/C20H19Cl2F3N2O2/c21-17-6-3-14(7-18(17)22)11-29-16-4-1-13(2-5-16)8-27-9-15(10-27)19(28)26-12-20(23,24)25/h1-7,15H,8-12H2,(H,26,28). The van der Waals surface area contributed by atoms with E-state index >= 15 is 0 Å². The third kappa shape index (κ3) is 6.52. The zero-order valence-corrected chi connectivity index (χ0v) is 16.8. The van der Waals surface area contributed by atoms with Crippen LogP contribution in [0.3, 0.4) is 0 Å². The highest BCUT2D eigenvalue weighted by molar-refractivity contribution is 6.42. The van der Waals surface area contributed by atoms with Crippen LogP contribution in [0.1, 0.15) is 11.1 Å². The van der Waals surface area contributed by atoms with Gasteiger partial charge >= 0.3 is 6.18 Å². The first kappa shape index (κ1) is 21.7. The van der Waals surface area contributed by atoms with Gasteiger partial charge in [0.15, 0.2) is 0 Å². The molecule has 1 aliphatic heterocycles. The Morgan fingerprint density at radius 2 is 1.72 bits per heavy atom. The van der Waals surface area contributed by atoms with Gasteiger partial charge in [-0.2, -0.15) is 13.2 Å². The Morgan fingerprint density at radius 3 is 2.34 bits per heavy atom. The number of likely N-dealkylation sites (tertiary alicyclic amines) is 1. The summed E-state index contributed by atoms with van der Waals surface area (Å²) in [6.45, 7) is 0.581. The lowest BCUT2D eigenvalue weighted by Crippen LogP contribution is -2.53. The zero-order chi connectivity index (χ0) is 21.0. The van der Waals surface area contributed by atoms with Gasteiger partial charge in [0.25, 0.3) is 0 Å². The van der Waals surface area contributed by atoms with Crippen molar-refractivity contribution in [2.45, 2.75) is 19.3 Å². The number of amides is 1. The molecule has 0 radical (unpaired) electrons. The highest BCUT2D eigenvalue weighted by Gasteiger charge is 2.35. The van der Waals surface area contributed by atoms with Crippen molar-refractivity contribution >= 4 is 29.1 Å². The summed E-state index contributed by atoms with van der Waals surface area (Å²) in [6, 6.07) is 12.8. The van der Waals surface area contributed by atoms with Crippen molar-refractivity contribution in [3.63, 3.8) is 0 Å². The molecule has 0 spiro atoms. The van der Waals surface area contributed by atoms with Gasteiger partial charge < -0.3 is 10.1 Å². The van der Waals surface area contributed by atoms with E-state index in [-0.39, 0.29) is 0 Å². The summed E-state index contributed by atoms with van der Waals surface area (Å²) in [5.41, 5.74) is 1.93. The Hall–Kier alpha value is -1.96. The molecule has 0 unspecified atom stereocenters. The smallest absolute Gasteiger partial charge is 0.405 e. The molecule has 9 heteroatoms. The molecule has 1 N–H and O–H groups in total. The van der Waals surface area contributed by atoms with Gasteiger partial charge in [0.2, 0.25) is 5.91 Å². The third-order valence-corrected chi connectivity index (χ3v) is 5.25. The molecule has 0 bridgehead atoms. The van der Waals surface area contributed by atoms with Crippen LogP contribution < -0.4 is 10.1 Å². The Labute approximate surface area is 176 Å². The molecule has 2 aromatic carbocycles. The monoisotopic (exact) mass is 446 g/mol. The van der Waals surface area contributed by atoms with E-state index in [9.17, 15) is 18.0 Å². The van der Waals surface area contributed by atoms with Crippen LogP contribution in [0.2, 0.25) is 10.0 Å². The molecule has 1 aliphatic rings. The number of nitrogens with one attached hydrogen (secondary N) is 1. The van der Waals surface area contributed by atoms with Gasteiger partial charge in [0.05, 0.1) is 16.0 Å². The largest absolute Gasteiger partial charge is 0.489 e. The van der Waals surface area contributed by atoms with Crippen molar-refractivity contribution < 1.29 is 22.7 Å². The minimum atomic E-state index is -4.39. The van der Waals surface area contributed by atoms with E-state index in [1.54, 1.807) is 12.1 Å². The molecule has 1 amide bonds. The topological polar surface area (TPSA) is 41.6 Å². The number of benzene rings is 2. The van der Waals surface area contributed by atoms with Crippen LogP contribution in [0.15, 0.2) is 42.5 Å². The molecule has 0 aromatic heterocycles. The summed E-state index contributed by atoms with van der Waals surface area (Å²) in [5.74, 6) is -0.247. The predicted octanol–water partition coefficient (Wildman–Crippen LogP) is 4.68. The second-order valence-corrected chi connectivity index (χ2v) is 7.72. The van der Waals surface area contributed by atoms with Crippen LogP contribution >= 0.6 is 23.2 Å². The molecule has 1 saturated heterocycles. The quantitative estimate of drug-likeness (QED) is 0.670. The number of alkyl halides is 3. The molecule has 0 saturated carbocycles. The van der Waals surface area contributed by atoms with E-state index in [2.05, 4.69) is 0 Å². The fraction of sp³-hybridized carbons (Fsp3) is 0.350. The van der Waals surface area contributed by atoms with Gasteiger partial charge in [-0.05, 0) is 35.4 Å². The molecule has 29 heavy (non-hydrogen) atoms. The van der Waals surface area contributed by atoms with E-state index in [0.717, 1.165) is 11.1 Å². The second-order valence-electron chi connectivity index (χ2n) is 6.91. The molecular weight excluding hydrogens is 428 g/mol. The lowest BCUT2D eigenvalue weighted by atomic mass is 9.98. The van der Waals surface area contributed by atoms with E-state index < -0.39 is 24.5 Å². The number of hydrogen-bond acceptors (Lipinski definition) is 3. The maximum absolute atomic E-state index is 12.1. The molecule has 1 heterocycles. The molecule has 1 fully saturated rings. The number of nitrogens with zero attached hydrogens (tertiary/aromatic N) is 1. The summed E-state index contributed by atoms with van der Waals surface area (Å²) < 4.78 is 42.1. The van der Waals surface area contributed by atoms with Crippen LogP contribution in [-0.2, 0) is 17.9 Å². The lowest BCUT2D eigenvalue weighted by Gasteiger charge is -2.38. The number of carbonyl (C=O) groups excluding carboxylic acids is 1. The Kier molecular flexibility index (Phi) is 6.93. The SMILES string of the molecule is O=C(NCC(F)(F)F)C1CN(Cc2ccc(OCc3ccc(Cl)c(Cl)c3)cc2)C1. The number of rotatable bonds is 7. The van der Waals surface area contributed by atoms with Crippen molar-refractivity contribution in [3.8, 4) is 5.75 Å². The molecule has 2 aromatic rings. The Balaban J connectivity index is 1.41. The molecule has 0 aliphatic carbocycles. The zero-order valence-electron chi connectivity index (χ0n) is 15.3. The number of hydrogen-bond donors (Lipinski definition) is 1. The van der Waals surface area contributed by atoms with Gasteiger partial charge in [0.1, 0.15) is 18.9 Å². The minimum Gasteiger partial charge on any atom is -0.489 e. The van der Waals surface area contributed by atoms with Crippen molar-refractivity contribution in [3.05, 3.63) is 63.6 Å². The number of halogens is 5. The van der Waals surface area contributed by atoms with Gasteiger partial charge in [0, 0.05) is 19.6 Å². The predicted molar refractivity (Wildman–Crippen MR) is 105 cm³/mol. The van der Waals surface area contributed by atoms with Crippen LogP contribution in [0.5, 0.6) is 5.75 Å². The first-order valence-electron chi connectivity index (χ1n) is 8.92. The molecule has 0 atom stereocenters. The highest BCUT2D eigenvalue weighted by atomic mass is 35.5. The average molecular weight is 447 g/mol. The van der Waals surface area contributed by atoms with E-state index in [0.29, 0.717) is 42.0 Å². The maximum Gasteiger partial charge on any atom is 0.405 e. The molecule has 3 rings (SSSR count). The van der Waals surface area contributed by atoms with Gasteiger partial charge in [-0.3, -0.25) is 9.69 Å². The third-order valence-electron chi connectivity index (χ3n) is 4.51. The molecule has 156 valence electrons. The average Bonchev–Trinajstić information content (AvgIpc) is 2.64. The van der Waals surface area contributed by atoms with Crippen molar-refractivity contribution in [2.24, 2.45) is 5.92 Å². The van der Waals surface area contributed by atoms with E-state index in [1.807, 2.05) is 40.5 Å². The first-order chi connectivity index (χ1) is 13.7. The molecule has 4 nitrogen and oxygen atoms in total. The number of ether oxygens (including phenoxy) is 1. The maximum atomic E-state index is 12.1. The highest BCUT2D eigenvalue weighted by Crippen LogP contribution is 2.24. The van der Waals surface area contributed by atoms with Gasteiger partial charge in [-0.15, -0.1) is 0 Å². The van der Waals surface area contributed by atoms with Crippen LogP contribution in [-0.4, -0.2) is 36.6 Å². The fourth-order valence-corrected chi connectivity index (χ4v) is 3.26. The normalized spacial score (nSPS) is 15.1. The van der Waals surface area contributed by atoms with Crippen LogP contribution in [0, 0.1) is 5.92 Å². The Morgan fingerprint density at radius 1 is 1.07 bits per heavy atom. The van der Waals surface area contributed by atoms with Crippen molar-refractivity contribution in [1.82, 2.24) is 10.2 Å². The summed E-state index contributed by atoms with van der Waals surface area (Å²) in [6.07, 6.45) is -4.39. The summed E-state index contributed by atoms with van der Waals surface area (Å²) in [5, 5.41) is 2.89. The summed E-state index contributed by atoms with van der Waals surface area (Å²) >= 11 is 11.9. The van der Waals surface area contributed by atoms with Crippen molar-refractivity contribution in [2.75, 3.05) is 19.6 Å². The fourth-order valence-electron chi connectivity index (χ4n) is 2.94. The lowest BCUT2D eigenvalue weighted by molar-refractivity contribution is -0.144. The van der Waals surface area contributed by atoms with Gasteiger partial charge in [-0.1, -0.05) is 41.4 Å². The van der Waals surface area contributed by atoms with Crippen LogP contribution in [0.25, 0.3) is 0 Å². The summed E-state index contributed by atoms with van der Waals surface area (Å²) in [7, 11) is 0. The first-order valence-corrected chi connectivity index (χ1v) is 9.68. The minimum absolute atomic E-state index is 0.358. The van der Waals surface area contributed by atoms with Crippen LogP contribution in [0.4, 0.5) is 13.2 Å². The van der Waals surface area contributed by atoms with E-state index in [1.165, 1.54) is 0 Å². The van der Waals surface area contributed by atoms with Crippen molar-refractivity contribution in [1.29, 1.82) is 0 Å². The van der Waals surface area contributed by atoms with E-state index in [4.69, 9.17) is 27.9 Å². The molecular formula is C20H19Cl2F3N2O2. The Bertz CT molecular complexity index is 854. The van der Waals surface area contributed by atoms with Gasteiger partial charge in [-0.25, -0.2) is 0 Å².